The van der Waals surface area contributed by atoms with Crippen LogP contribution in [0.5, 0.6) is 0 Å². The zero-order chi connectivity index (χ0) is 21.2. The van der Waals surface area contributed by atoms with E-state index in [0.717, 1.165) is 6.42 Å². The van der Waals surface area contributed by atoms with Crippen LogP contribution < -0.4 is 4.72 Å². The minimum absolute atomic E-state index is 0.0451. The fourth-order valence-corrected chi connectivity index (χ4v) is 4.75. The van der Waals surface area contributed by atoms with Crippen LogP contribution >= 0.6 is 23.2 Å². The Morgan fingerprint density at radius 1 is 1.14 bits per heavy atom. The number of halogens is 2. The summed E-state index contributed by atoms with van der Waals surface area (Å²) in [6.45, 7) is 3.90. The van der Waals surface area contributed by atoms with Gasteiger partial charge in [0.2, 0.25) is 0 Å². The van der Waals surface area contributed by atoms with Gasteiger partial charge in [-0.3, -0.25) is 4.72 Å². The number of esters is 1. The number of ether oxygens (including phenoxy) is 1. The van der Waals surface area contributed by atoms with Crippen LogP contribution in [0.4, 0.5) is 5.69 Å². The normalized spacial score (nSPS) is 11.6. The molecule has 0 atom stereocenters. The van der Waals surface area contributed by atoms with Gasteiger partial charge in [-0.25, -0.2) is 13.2 Å². The number of carbonyl (C=O) groups is 1. The molecule has 1 heterocycles. The fourth-order valence-electron chi connectivity index (χ4n) is 2.94. The van der Waals surface area contributed by atoms with Gasteiger partial charge in [-0.15, -0.1) is 0 Å². The number of benzene rings is 2. The van der Waals surface area contributed by atoms with E-state index in [0.29, 0.717) is 28.7 Å². The second-order valence-electron chi connectivity index (χ2n) is 6.26. The van der Waals surface area contributed by atoms with Gasteiger partial charge in [-0.2, -0.15) is 0 Å². The summed E-state index contributed by atoms with van der Waals surface area (Å²) in [6, 6.07) is 8.88. The number of hydrogen-bond donors (Lipinski definition) is 1. The van der Waals surface area contributed by atoms with Gasteiger partial charge in [0.15, 0.2) is 0 Å². The molecule has 9 heteroatoms. The van der Waals surface area contributed by atoms with Crippen LogP contribution in [-0.2, 0) is 21.2 Å². The van der Waals surface area contributed by atoms with Gasteiger partial charge in [-0.05, 0) is 49.7 Å². The van der Waals surface area contributed by atoms with Crippen molar-refractivity contribution in [2.75, 3.05) is 11.3 Å². The van der Waals surface area contributed by atoms with E-state index < -0.39 is 16.0 Å². The number of furan rings is 1. The van der Waals surface area contributed by atoms with Gasteiger partial charge in [0.25, 0.3) is 10.0 Å². The van der Waals surface area contributed by atoms with Crippen LogP contribution in [0, 0.1) is 0 Å². The monoisotopic (exact) mass is 455 g/mol. The lowest BCUT2D eigenvalue weighted by atomic mass is 10.1. The van der Waals surface area contributed by atoms with E-state index in [1.54, 1.807) is 25.1 Å². The minimum atomic E-state index is -4.00. The third-order valence-corrected chi connectivity index (χ3v) is 6.25. The molecule has 0 aliphatic rings. The molecular weight excluding hydrogens is 437 g/mol. The van der Waals surface area contributed by atoms with Crippen LogP contribution in [0.2, 0.25) is 10.0 Å². The van der Waals surface area contributed by atoms with Crippen molar-refractivity contribution in [3.63, 3.8) is 0 Å². The summed E-state index contributed by atoms with van der Waals surface area (Å²) in [5.41, 5.74) is 1.04. The highest BCUT2D eigenvalue weighted by Crippen LogP contribution is 2.32. The summed E-state index contributed by atoms with van der Waals surface area (Å²) in [6.07, 6.45) is 1.33. The van der Waals surface area contributed by atoms with E-state index >= 15 is 0 Å². The number of nitrogens with one attached hydrogen (secondary N) is 1. The van der Waals surface area contributed by atoms with Gasteiger partial charge >= 0.3 is 5.97 Å². The van der Waals surface area contributed by atoms with Gasteiger partial charge in [0, 0.05) is 22.5 Å². The number of rotatable bonds is 7. The zero-order valence-electron chi connectivity index (χ0n) is 15.8. The minimum Gasteiger partial charge on any atom is -0.462 e. The maximum absolute atomic E-state index is 12.8. The molecule has 1 N–H and O–H groups in total. The van der Waals surface area contributed by atoms with E-state index in [2.05, 4.69) is 4.72 Å². The molecule has 0 aliphatic heterocycles. The number of fused-ring (bicyclic) bond motifs is 1. The number of sulfonamides is 1. The molecule has 0 fully saturated rings. The van der Waals surface area contributed by atoms with E-state index in [1.807, 2.05) is 6.92 Å². The van der Waals surface area contributed by atoms with Crippen molar-refractivity contribution in [3.8, 4) is 0 Å². The molecule has 3 rings (SSSR count). The number of hydrogen-bond acceptors (Lipinski definition) is 5. The summed E-state index contributed by atoms with van der Waals surface area (Å²) in [5.74, 6) is 0.00596. The Hall–Kier alpha value is -2.22. The first kappa shape index (κ1) is 21.5. The highest BCUT2D eigenvalue weighted by Gasteiger charge is 2.23. The summed E-state index contributed by atoms with van der Waals surface area (Å²) < 4.78 is 39.0. The topological polar surface area (TPSA) is 85.6 Å². The largest absolute Gasteiger partial charge is 0.462 e. The predicted octanol–water partition coefficient (Wildman–Crippen LogP) is 5.67. The summed E-state index contributed by atoms with van der Waals surface area (Å²) in [4.78, 5) is 12.3. The molecular formula is C20H19Cl2NO5S. The van der Waals surface area contributed by atoms with Crippen molar-refractivity contribution in [3.05, 3.63) is 57.8 Å². The van der Waals surface area contributed by atoms with Crippen molar-refractivity contribution in [2.24, 2.45) is 0 Å². The standard InChI is InChI=1S/C20H19Cl2NO5S/c1-3-5-17-19(20(24)27-4-2)14-11-13(7-9-16(14)28-17)23-29(25,26)18-10-12(21)6-8-15(18)22/h6-11,23H,3-5H2,1-2H3. The lowest BCUT2D eigenvalue weighted by Crippen LogP contribution is -2.13. The average molecular weight is 456 g/mol. The van der Waals surface area contributed by atoms with Crippen LogP contribution in [0.15, 0.2) is 45.7 Å². The Morgan fingerprint density at radius 3 is 2.59 bits per heavy atom. The van der Waals surface area contributed by atoms with Crippen molar-refractivity contribution in [1.29, 1.82) is 0 Å². The van der Waals surface area contributed by atoms with Gasteiger partial charge in [0.1, 0.15) is 21.8 Å². The first-order chi connectivity index (χ1) is 13.8. The molecule has 29 heavy (non-hydrogen) atoms. The molecule has 0 bridgehead atoms. The Balaban J connectivity index is 2.06. The fraction of sp³-hybridized carbons (Fsp3) is 0.250. The summed E-state index contributed by atoms with van der Waals surface area (Å²) in [7, 11) is -4.00. The summed E-state index contributed by atoms with van der Waals surface area (Å²) >= 11 is 11.9. The smallest absolute Gasteiger partial charge is 0.342 e. The SMILES string of the molecule is CCCc1oc2ccc(NS(=O)(=O)c3cc(Cl)ccc3Cl)cc2c1C(=O)OCC. The van der Waals surface area contributed by atoms with Crippen LogP contribution in [0.25, 0.3) is 11.0 Å². The molecule has 0 unspecified atom stereocenters. The van der Waals surface area contributed by atoms with Crippen molar-refractivity contribution < 1.29 is 22.4 Å². The lowest BCUT2D eigenvalue weighted by molar-refractivity contribution is 0.0526. The van der Waals surface area contributed by atoms with E-state index in [1.165, 1.54) is 18.2 Å². The van der Waals surface area contributed by atoms with Crippen LogP contribution in [0.3, 0.4) is 0 Å². The Morgan fingerprint density at radius 2 is 1.90 bits per heavy atom. The Bertz CT molecular complexity index is 1170. The van der Waals surface area contributed by atoms with E-state index in [4.69, 9.17) is 32.4 Å². The Kier molecular flexibility index (Phi) is 6.41. The molecule has 0 aliphatic carbocycles. The van der Waals surface area contributed by atoms with Crippen molar-refractivity contribution in [1.82, 2.24) is 0 Å². The number of anilines is 1. The van der Waals surface area contributed by atoms with Crippen molar-refractivity contribution in [2.45, 2.75) is 31.6 Å². The molecule has 0 saturated heterocycles. The molecule has 1 aromatic heterocycles. The highest BCUT2D eigenvalue weighted by atomic mass is 35.5. The number of aryl methyl sites for hydroxylation is 1. The second kappa shape index (κ2) is 8.65. The Labute approximate surface area is 178 Å². The zero-order valence-corrected chi connectivity index (χ0v) is 18.1. The maximum atomic E-state index is 12.8. The molecule has 0 amide bonds. The third-order valence-electron chi connectivity index (χ3n) is 4.15. The third kappa shape index (κ3) is 4.52. The summed E-state index contributed by atoms with van der Waals surface area (Å²) in [5, 5.41) is 0.766. The van der Waals surface area contributed by atoms with Crippen LogP contribution in [-0.4, -0.2) is 21.0 Å². The molecule has 154 valence electrons. The first-order valence-electron chi connectivity index (χ1n) is 8.97. The van der Waals surface area contributed by atoms with E-state index in [9.17, 15) is 13.2 Å². The molecule has 3 aromatic rings. The highest BCUT2D eigenvalue weighted by molar-refractivity contribution is 7.92. The molecule has 0 saturated carbocycles. The van der Waals surface area contributed by atoms with E-state index in [-0.39, 0.29) is 27.2 Å². The maximum Gasteiger partial charge on any atom is 0.342 e. The average Bonchev–Trinajstić information content (AvgIpc) is 3.01. The first-order valence-corrected chi connectivity index (χ1v) is 11.2. The van der Waals surface area contributed by atoms with Gasteiger partial charge in [0.05, 0.1) is 11.6 Å². The van der Waals surface area contributed by atoms with Crippen LogP contribution in [0.1, 0.15) is 36.4 Å². The van der Waals surface area contributed by atoms with Gasteiger partial charge in [-0.1, -0.05) is 30.1 Å². The van der Waals surface area contributed by atoms with Crippen molar-refractivity contribution >= 4 is 55.9 Å². The quantitative estimate of drug-likeness (QED) is 0.463. The molecule has 2 aromatic carbocycles. The lowest BCUT2D eigenvalue weighted by Gasteiger charge is -2.10. The second-order valence-corrected chi connectivity index (χ2v) is 8.76. The van der Waals surface area contributed by atoms with Gasteiger partial charge < -0.3 is 9.15 Å². The number of carbonyl (C=O) groups excluding carboxylic acids is 1. The predicted molar refractivity (Wildman–Crippen MR) is 113 cm³/mol. The molecule has 0 radical (unpaired) electrons. The molecule has 6 nitrogen and oxygen atoms in total. The molecule has 0 spiro atoms.